The van der Waals surface area contributed by atoms with Gasteiger partial charge in [0.1, 0.15) is 11.3 Å². The molecular formula is C27H23N3O3S. The normalized spacial score (nSPS) is 11.1. The molecule has 0 saturated carbocycles. The van der Waals surface area contributed by atoms with Crippen LogP contribution in [0.3, 0.4) is 0 Å². The molecule has 2 aromatic heterocycles. The molecule has 170 valence electrons. The molecule has 0 fully saturated rings. The van der Waals surface area contributed by atoms with E-state index < -0.39 is 0 Å². The SMILES string of the molecule is COc1ccccc1-c1nnc(SCc2cc(=O)oc3cc(C)ccc23)n1-c1ccc(C)cc1. The Morgan fingerprint density at radius 3 is 2.50 bits per heavy atom. The second kappa shape index (κ2) is 9.19. The number of ether oxygens (including phenoxy) is 1. The molecule has 0 N–H and O–H groups in total. The van der Waals surface area contributed by atoms with E-state index in [-0.39, 0.29) is 5.63 Å². The van der Waals surface area contributed by atoms with Gasteiger partial charge < -0.3 is 9.15 Å². The van der Waals surface area contributed by atoms with E-state index in [0.717, 1.165) is 38.7 Å². The molecule has 0 bridgehead atoms. The third-order valence-corrected chi connectivity index (χ3v) is 6.59. The van der Waals surface area contributed by atoms with Crippen LogP contribution in [0.1, 0.15) is 16.7 Å². The maximum absolute atomic E-state index is 12.2. The van der Waals surface area contributed by atoms with E-state index in [2.05, 4.69) is 41.4 Å². The van der Waals surface area contributed by atoms with Crippen LogP contribution in [-0.4, -0.2) is 21.9 Å². The average Bonchev–Trinajstić information content (AvgIpc) is 3.26. The molecule has 7 heteroatoms. The lowest BCUT2D eigenvalue weighted by molar-refractivity contribution is 0.416. The number of aromatic nitrogens is 3. The molecule has 5 rings (SSSR count). The van der Waals surface area contributed by atoms with Crippen molar-refractivity contribution in [1.29, 1.82) is 0 Å². The average molecular weight is 470 g/mol. The number of rotatable bonds is 6. The Labute approximate surface area is 201 Å². The largest absolute Gasteiger partial charge is 0.496 e. The fourth-order valence-electron chi connectivity index (χ4n) is 3.89. The van der Waals surface area contributed by atoms with Gasteiger partial charge in [-0.15, -0.1) is 10.2 Å². The van der Waals surface area contributed by atoms with E-state index in [1.54, 1.807) is 13.2 Å². The lowest BCUT2D eigenvalue weighted by Gasteiger charge is -2.13. The Balaban J connectivity index is 1.59. The summed E-state index contributed by atoms with van der Waals surface area (Å²) in [7, 11) is 1.65. The third-order valence-electron chi connectivity index (χ3n) is 5.62. The van der Waals surface area contributed by atoms with Crippen molar-refractivity contribution in [1.82, 2.24) is 14.8 Å². The van der Waals surface area contributed by atoms with Crippen LogP contribution >= 0.6 is 11.8 Å². The topological polar surface area (TPSA) is 70.2 Å². The molecule has 2 heterocycles. The summed E-state index contributed by atoms with van der Waals surface area (Å²) in [4.78, 5) is 12.2. The number of hydrogen-bond acceptors (Lipinski definition) is 6. The fourth-order valence-corrected chi connectivity index (χ4v) is 4.84. The molecule has 5 aromatic rings. The van der Waals surface area contributed by atoms with Gasteiger partial charge in [0.2, 0.25) is 0 Å². The predicted octanol–water partition coefficient (Wildman–Crippen LogP) is 5.96. The number of methoxy groups -OCH3 is 1. The van der Waals surface area contributed by atoms with Gasteiger partial charge in [-0.3, -0.25) is 4.57 Å². The van der Waals surface area contributed by atoms with Crippen LogP contribution in [0.4, 0.5) is 0 Å². The monoisotopic (exact) mass is 469 g/mol. The standard InChI is InChI=1S/C27H23N3O3S/c1-17-8-11-20(12-9-17)30-26(22-6-4-5-7-23(22)32-3)28-29-27(30)34-16-19-15-25(31)33-24-14-18(2)10-13-21(19)24/h4-15H,16H2,1-3H3. The summed E-state index contributed by atoms with van der Waals surface area (Å²) in [5, 5.41) is 10.7. The zero-order valence-electron chi connectivity index (χ0n) is 19.1. The molecule has 0 radical (unpaired) electrons. The van der Waals surface area contributed by atoms with Gasteiger partial charge in [-0.2, -0.15) is 0 Å². The van der Waals surface area contributed by atoms with Crippen LogP contribution in [0.25, 0.3) is 28.0 Å². The molecular weight excluding hydrogens is 446 g/mol. The van der Waals surface area contributed by atoms with Gasteiger partial charge in [-0.1, -0.05) is 53.7 Å². The molecule has 34 heavy (non-hydrogen) atoms. The van der Waals surface area contributed by atoms with Crippen molar-refractivity contribution in [3.05, 3.63) is 99.9 Å². The summed E-state index contributed by atoms with van der Waals surface area (Å²) in [5.74, 6) is 1.96. The first-order valence-electron chi connectivity index (χ1n) is 10.9. The van der Waals surface area contributed by atoms with E-state index in [0.29, 0.717) is 17.2 Å². The van der Waals surface area contributed by atoms with Crippen molar-refractivity contribution in [2.24, 2.45) is 0 Å². The molecule has 0 saturated heterocycles. The van der Waals surface area contributed by atoms with Gasteiger partial charge in [0.05, 0.1) is 12.7 Å². The summed E-state index contributed by atoms with van der Waals surface area (Å²) in [6, 6.07) is 23.5. The van der Waals surface area contributed by atoms with Gasteiger partial charge in [0, 0.05) is 22.9 Å². The van der Waals surface area contributed by atoms with E-state index in [1.165, 1.54) is 17.3 Å². The van der Waals surface area contributed by atoms with Crippen molar-refractivity contribution in [3.8, 4) is 22.8 Å². The van der Waals surface area contributed by atoms with Crippen molar-refractivity contribution >= 4 is 22.7 Å². The quantitative estimate of drug-likeness (QED) is 0.226. The molecule has 3 aromatic carbocycles. The predicted molar refractivity (Wildman–Crippen MR) is 135 cm³/mol. The first-order chi connectivity index (χ1) is 16.5. The van der Waals surface area contributed by atoms with Crippen molar-refractivity contribution in [3.63, 3.8) is 0 Å². The fraction of sp³-hybridized carbons (Fsp3) is 0.148. The Kier molecular flexibility index (Phi) is 5.94. The minimum atomic E-state index is -0.358. The molecule has 0 aliphatic carbocycles. The Bertz CT molecular complexity index is 1540. The number of fused-ring (bicyclic) bond motifs is 1. The molecule has 6 nitrogen and oxygen atoms in total. The third kappa shape index (κ3) is 4.22. The Hall–Kier alpha value is -3.84. The molecule has 0 spiro atoms. The van der Waals surface area contributed by atoms with Crippen molar-refractivity contribution < 1.29 is 9.15 Å². The smallest absolute Gasteiger partial charge is 0.336 e. The molecule has 0 atom stereocenters. The van der Waals surface area contributed by atoms with E-state index in [4.69, 9.17) is 9.15 Å². The highest BCUT2D eigenvalue weighted by molar-refractivity contribution is 7.98. The van der Waals surface area contributed by atoms with Crippen LogP contribution in [0.2, 0.25) is 0 Å². The van der Waals surface area contributed by atoms with Crippen molar-refractivity contribution in [2.75, 3.05) is 7.11 Å². The Morgan fingerprint density at radius 1 is 0.941 bits per heavy atom. The van der Waals surface area contributed by atoms with Crippen molar-refractivity contribution in [2.45, 2.75) is 24.8 Å². The zero-order chi connectivity index (χ0) is 23.7. The van der Waals surface area contributed by atoms with Gasteiger partial charge >= 0.3 is 5.63 Å². The Morgan fingerprint density at radius 2 is 1.71 bits per heavy atom. The summed E-state index contributed by atoms with van der Waals surface area (Å²) in [6.07, 6.45) is 0. The number of aryl methyl sites for hydroxylation is 2. The van der Waals surface area contributed by atoms with Crippen LogP contribution in [0.5, 0.6) is 5.75 Å². The lowest BCUT2D eigenvalue weighted by atomic mass is 10.1. The molecule has 0 aliphatic rings. The maximum atomic E-state index is 12.2. The second-order valence-electron chi connectivity index (χ2n) is 8.06. The van der Waals surface area contributed by atoms with Crippen LogP contribution in [0, 0.1) is 13.8 Å². The zero-order valence-corrected chi connectivity index (χ0v) is 19.9. The van der Waals surface area contributed by atoms with Crippen LogP contribution in [-0.2, 0) is 5.75 Å². The highest BCUT2D eigenvalue weighted by atomic mass is 32.2. The summed E-state index contributed by atoms with van der Waals surface area (Å²) in [5.41, 5.74) is 5.15. The summed E-state index contributed by atoms with van der Waals surface area (Å²) >= 11 is 1.52. The molecule has 0 amide bonds. The van der Waals surface area contributed by atoms with E-state index in [9.17, 15) is 4.79 Å². The van der Waals surface area contributed by atoms with Gasteiger partial charge in [0.15, 0.2) is 11.0 Å². The van der Waals surface area contributed by atoms with Crippen LogP contribution < -0.4 is 10.4 Å². The number of hydrogen-bond donors (Lipinski definition) is 0. The maximum Gasteiger partial charge on any atom is 0.336 e. The highest BCUT2D eigenvalue weighted by Crippen LogP contribution is 2.34. The minimum absolute atomic E-state index is 0.358. The second-order valence-corrected chi connectivity index (χ2v) is 9.00. The van der Waals surface area contributed by atoms with Gasteiger partial charge in [-0.05, 0) is 55.3 Å². The van der Waals surface area contributed by atoms with Gasteiger partial charge in [0.25, 0.3) is 0 Å². The lowest BCUT2D eigenvalue weighted by Crippen LogP contribution is -2.02. The summed E-state index contributed by atoms with van der Waals surface area (Å²) < 4.78 is 13.0. The first kappa shape index (κ1) is 22.0. The number of nitrogens with zero attached hydrogens (tertiary/aromatic N) is 3. The first-order valence-corrected chi connectivity index (χ1v) is 11.8. The minimum Gasteiger partial charge on any atom is -0.496 e. The van der Waals surface area contributed by atoms with E-state index in [1.807, 2.05) is 54.0 Å². The summed E-state index contributed by atoms with van der Waals surface area (Å²) in [6.45, 7) is 4.03. The number of benzene rings is 3. The van der Waals surface area contributed by atoms with Gasteiger partial charge in [-0.25, -0.2) is 4.79 Å². The van der Waals surface area contributed by atoms with E-state index >= 15 is 0 Å². The number of thioether (sulfide) groups is 1. The highest BCUT2D eigenvalue weighted by Gasteiger charge is 2.19. The molecule has 0 unspecified atom stereocenters. The van der Waals surface area contributed by atoms with Crippen LogP contribution in [0.15, 0.2) is 87.2 Å². The molecule has 0 aliphatic heterocycles. The number of para-hydroxylation sites is 1.